The molecule has 1 aromatic heterocycles. The van der Waals surface area contributed by atoms with Crippen molar-refractivity contribution in [1.82, 2.24) is 4.98 Å². The lowest BCUT2D eigenvalue weighted by atomic mass is 10.1. The van der Waals surface area contributed by atoms with Crippen molar-refractivity contribution in [3.8, 4) is 6.07 Å². The van der Waals surface area contributed by atoms with Crippen molar-refractivity contribution in [3.05, 3.63) is 50.0 Å². The lowest BCUT2D eigenvalue weighted by Crippen LogP contribution is -2.22. The molecule has 1 unspecified atom stereocenters. The smallest absolute Gasteiger partial charge is 0.287 e. The zero-order chi connectivity index (χ0) is 15.7. The number of nitro benzene ring substituents is 1. The number of aryl methyl sites for hydroxylation is 1. The van der Waals surface area contributed by atoms with Gasteiger partial charge < -0.3 is 4.90 Å². The Morgan fingerprint density at radius 3 is 3.00 bits per heavy atom. The van der Waals surface area contributed by atoms with Gasteiger partial charge in [-0.3, -0.25) is 10.1 Å². The minimum Gasteiger partial charge on any atom is -0.363 e. The molecule has 1 atom stereocenters. The van der Waals surface area contributed by atoms with Crippen molar-refractivity contribution >= 4 is 22.7 Å². The van der Waals surface area contributed by atoms with Gasteiger partial charge in [0, 0.05) is 23.7 Å². The van der Waals surface area contributed by atoms with Crippen molar-refractivity contribution in [1.29, 1.82) is 5.26 Å². The second-order valence-corrected chi connectivity index (χ2v) is 6.28. The molecule has 2 aromatic rings. The predicted molar refractivity (Wildman–Crippen MR) is 84.0 cm³/mol. The summed E-state index contributed by atoms with van der Waals surface area (Å²) in [5.74, 6) is 0. The summed E-state index contributed by atoms with van der Waals surface area (Å²) in [5.41, 5.74) is 1.83. The minimum absolute atomic E-state index is 0.0996. The molecule has 22 heavy (non-hydrogen) atoms. The van der Waals surface area contributed by atoms with E-state index in [1.165, 1.54) is 6.07 Å². The Bertz CT molecular complexity index is 765. The molecule has 0 aliphatic carbocycles. The van der Waals surface area contributed by atoms with Gasteiger partial charge in [-0.25, -0.2) is 4.98 Å². The van der Waals surface area contributed by atoms with Crippen LogP contribution in [0.5, 0.6) is 0 Å². The van der Waals surface area contributed by atoms with E-state index >= 15 is 0 Å². The van der Waals surface area contributed by atoms with Gasteiger partial charge in [-0.15, -0.1) is 11.3 Å². The Hall–Kier alpha value is -2.46. The van der Waals surface area contributed by atoms with Gasteiger partial charge >= 0.3 is 0 Å². The summed E-state index contributed by atoms with van der Waals surface area (Å²) in [7, 11) is 0. The van der Waals surface area contributed by atoms with Gasteiger partial charge in [-0.05, 0) is 31.9 Å². The van der Waals surface area contributed by atoms with E-state index in [-0.39, 0.29) is 17.3 Å². The average Bonchev–Trinajstić information content (AvgIpc) is 3.14. The number of nitriles is 1. The molecule has 1 aromatic carbocycles. The summed E-state index contributed by atoms with van der Waals surface area (Å²) in [5, 5.41) is 23.2. The molecular weight excluding hydrogens is 300 g/mol. The van der Waals surface area contributed by atoms with Crippen molar-refractivity contribution in [2.45, 2.75) is 25.8 Å². The normalized spacial score (nSPS) is 17.5. The molecule has 3 rings (SSSR count). The molecule has 112 valence electrons. The highest BCUT2D eigenvalue weighted by molar-refractivity contribution is 7.09. The number of aromatic nitrogens is 1. The van der Waals surface area contributed by atoms with Gasteiger partial charge in [0.1, 0.15) is 11.6 Å². The van der Waals surface area contributed by atoms with E-state index in [0.717, 1.165) is 35.8 Å². The Balaban J connectivity index is 1.96. The average molecular weight is 314 g/mol. The first-order chi connectivity index (χ1) is 10.6. The Morgan fingerprint density at radius 2 is 2.36 bits per heavy atom. The fraction of sp³-hybridized carbons (Fsp3) is 0.333. The van der Waals surface area contributed by atoms with Crippen molar-refractivity contribution < 1.29 is 4.92 Å². The molecule has 0 N–H and O–H groups in total. The summed E-state index contributed by atoms with van der Waals surface area (Å²) in [4.78, 5) is 17.2. The molecule has 1 aliphatic rings. The third-order valence-electron chi connectivity index (χ3n) is 3.86. The SMILES string of the molecule is Cc1nc(C2CCCN2c2ccc([N+](=O)[O-])c(C#N)c2)cs1. The highest BCUT2D eigenvalue weighted by atomic mass is 32.1. The van der Waals surface area contributed by atoms with E-state index in [2.05, 4.69) is 15.3 Å². The van der Waals surface area contributed by atoms with Crippen LogP contribution in [-0.4, -0.2) is 16.5 Å². The lowest BCUT2D eigenvalue weighted by Gasteiger charge is -2.25. The van der Waals surface area contributed by atoms with Crippen LogP contribution >= 0.6 is 11.3 Å². The summed E-state index contributed by atoms with van der Waals surface area (Å²) < 4.78 is 0. The van der Waals surface area contributed by atoms with Gasteiger partial charge in [0.2, 0.25) is 0 Å². The number of thiazole rings is 1. The van der Waals surface area contributed by atoms with Gasteiger partial charge in [0.05, 0.1) is 21.7 Å². The molecule has 1 saturated heterocycles. The third kappa shape index (κ3) is 2.53. The molecule has 0 amide bonds. The maximum Gasteiger partial charge on any atom is 0.287 e. The molecule has 7 heteroatoms. The number of benzene rings is 1. The first-order valence-corrected chi connectivity index (χ1v) is 7.85. The molecular formula is C15H14N4O2S. The fourth-order valence-electron chi connectivity index (χ4n) is 2.87. The Labute approximate surface area is 131 Å². The van der Waals surface area contributed by atoms with Crippen LogP contribution in [0.1, 0.15) is 35.1 Å². The highest BCUT2D eigenvalue weighted by Crippen LogP contribution is 2.37. The minimum atomic E-state index is -0.520. The van der Waals surface area contributed by atoms with E-state index < -0.39 is 4.92 Å². The summed E-state index contributed by atoms with van der Waals surface area (Å²) in [6.07, 6.45) is 2.04. The van der Waals surface area contributed by atoms with Crippen LogP contribution in [0.2, 0.25) is 0 Å². The van der Waals surface area contributed by atoms with E-state index in [1.54, 1.807) is 23.5 Å². The van der Waals surface area contributed by atoms with Crippen LogP contribution in [0.4, 0.5) is 11.4 Å². The standard InChI is InChI=1S/C15H14N4O2S/c1-10-17-13(9-22-10)15-3-2-6-18(15)12-4-5-14(19(20)21)11(7-12)8-16/h4-5,7,9,15H,2-3,6H2,1H3. The van der Waals surface area contributed by atoms with E-state index in [9.17, 15) is 10.1 Å². The van der Waals surface area contributed by atoms with Crippen molar-refractivity contribution in [2.24, 2.45) is 0 Å². The number of hydrogen-bond acceptors (Lipinski definition) is 6. The van der Waals surface area contributed by atoms with Crippen LogP contribution < -0.4 is 4.90 Å². The Morgan fingerprint density at radius 1 is 1.55 bits per heavy atom. The zero-order valence-electron chi connectivity index (χ0n) is 12.0. The van der Waals surface area contributed by atoms with E-state index in [1.807, 2.05) is 13.0 Å². The molecule has 0 bridgehead atoms. The number of anilines is 1. The van der Waals surface area contributed by atoms with Gasteiger partial charge in [-0.1, -0.05) is 0 Å². The van der Waals surface area contributed by atoms with E-state index in [0.29, 0.717) is 0 Å². The topological polar surface area (TPSA) is 83.1 Å². The maximum atomic E-state index is 10.9. The van der Waals surface area contributed by atoms with Gasteiger partial charge in [0.15, 0.2) is 0 Å². The zero-order valence-corrected chi connectivity index (χ0v) is 12.8. The summed E-state index contributed by atoms with van der Waals surface area (Å²) >= 11 is 1.62. The largest absolute Gasteiger partial charge is 0.363 e. The first kappa shape index (κ1) is 14.5. The van der Waals surface area contributed by atoms with Crippen LogP contribution in [0, 0.1) is 28.4 Å². The lowest BCUT2D eigenvalue weighted by molar-refractivity contribution is -0.385. The second kappa shape index (κ2) is 5.73. The van der Waals surface area contributed by atoms with Crippen LogP contribution in [0.25, 0.3) is 0 Å². The molecule has 0 spiro atoms. The number of hydrogen-bond donors (Lipinski definition) is 0. The third-order valence-corrected chi connectivity index (χ3v) is 4.65. The highest BCUT2D eigenvalue weighted by Gasteiger charge is 2.29. The molecule has 0 saturated carbocycles. The van der Waals surface area contributed by atoms with Crippen LogP contribution in [-0.2, 0) is 0 Å². The number of nitro groups is 1. The fourth-order valence-corrected chi connectivity index (χ4v) is 3.53. The Kier molecular flexibility index (Phi) is 3.77. The molecule has 1 aliphatic heterocycles. The molecule has 2 heterocycles. The molecule has 1 fully saturated rings. The summed E-state index contributed by atoms with van der Waals surface area (Å²) in [6.45, 7) is 2.84. The molecule has 0 radical (unpaired) electrons. The van der Waals surface area contributed by atoms with Crippen molar-refractivity contribution in [2.75, 3.05) is 11.4 Å². The quantitative estimate of drug-likeness (QED) is 0.639. The summed E-state index contributed by atoms with van der Waals surface area (Å²) in [6, 6.07) is 6.83. The van der Waals surface area contributed by atoms with Crippen LogP contribution in [0.3, 0.4) is 0 Å². The van der Waals surface area contributed by atoms with Gasteiger partial charge in [0.25, 0.3) is 5.69 Å². The van der Waals surface area contributed by atoms with Crippen LogP contribution in [0.15, 0.2) is 23.6 Å². The van der Waals surface area contributed by atoms with E-state index in [4.69, 9.17) is 5.26 Å². The first-order valence-electron chi connectivity index (χ1n) is 6.97. The number of rotatable bonds is 3. The molecule has 6 nitrogen and oxygen atoms in total. The maximum absolute atomic E-state index is 10.9. The number of nitrogens with zero attached hydrogens (tertiary/aromatic N) is 4. The van der Waals surface area contributed by atoms with Crippen molar-refractivity contribution in [3.63, 3.8) is 0 Å². The second-order valence-electron chi connectivity index (χ2n) is 5.21. The van der Waals surface area contributed by atoms with Gasteiger partial charge in [-0.2, -0.15) is 5.26 Å². The predicted octanol–water partition coefficient (Wildman–Crippen LogP) is 3.57. The monoisotopic (exact) mass is 314 g/mol.